The Kier molecular flexibility index (Phi) is 4.86. The smallest absolute Gasteiger partial charge is 0.270 e. The lowest BCUT2D eigenvalue weighted by atomic mass is 10.1. The van der Waals surface area contributed by atoms with Crippen molar-refractivity contribution in [1.29, 1.82) is 0 Å². The molecule has 31 heavy (non-hydrogen) atoms. The second-order valence-electron chi connectivity index (χ2n) is 7.79. The predicted octanol–water partition coefficient (Wildman–Crippen LogP) is 5.00. The van der Waals surface area contributed by atoms with Gasteiger partial charge in [0.05, 0.1) is 20.0 Å². The Labute approximate surface area is 186 Å². The quantitative estimate of drug-likeness (QED) is 0.323. The van der Waals surface area contributed by atoms with E-state index in [1.165, 1.54) is 39.3 Å². The number of carbonyl (C=O) groups excluding carboxylic acids is 1. The average Bonchev–Trinajstić information content (AvgIpc) is 3.37. The number of rotatable bonds is 3. The number of non-ortho nitro benzene ring substituents is 1. The number of fused-ring (bicyclic) bond motifs is 2. The molecule has 158 valence electrons. The van der Waals surface area contributed by atoms with E-state index < -0.39 is 4.92 Å². The van der Waals surface area contributed by atoms with Crippen LogP contribution in [-0.4, -0.2) is 46.9 Å². The molecule has 0 aliphatic carbocycles. The number of aryl methyl sites for hydroxylation is 2. The molecule has 3 heterocycles. The van der Waals surface area contributed by atoms with Crippen molar-refractivity contribution in [3.63, 3.8) is 0 Å². The third-order valence-corrected chi connectivity index (χ3v) is 7.74. The molecule has 0 atom stereocenters. The van der Waals surface area contributed by atoms with Crippen LogP contribution < -0.4 is 4.90 Å². The maximum atomic E-state index is 13.0. The van der Waals surface area contributed by atoms with E-state index in [1.807, 2.05) is 4.90 Å². The highest BCUT2D eigenvalue weighted by molar-refractivity contribution is 7.22. The average molecular weight is 453 g/mol. The highest BCUT2D eigenvalue weighted by Gasteiger charge is 2.25. The van der Waals surface area contributed by atoms with Crippen LogP contribution in [0.2, 0.25) is 0 Å². The maximum absolute atomic E-state index is 13.0. The Morgan fingerprint density at radius 3 is 2.55 bits per heavy atom. The molecule has 1 aliphatic rings. The number of nitro benzene ring substituents is 1. The minimum absolute atomic E-state index is 0.0146. The Balaban J connectivity index is 1.31. The molecule has 2 aromatic heterocycles. The van der Waals surface area contributed by atoms with Gasteiger partial charge in [-0.3, -0.25) is 14.9 Å². The van der Waals surface area contributed by atoms with Gasteiger partial charge in [-0.05, 0) is 43.2 Å². The van der Waals surface area contributed by atoms with Crippen LogP contribution in [0.15, 0.2) is 36.4 Å². The van der Waals surface area contributed by atoms with Crippen molar-refractivity contribution in [2.24, 2.45) is 0 Å². The normalized spacial score (nSPS) is 14.5. The molecule has 0 unspecified atom stereocenters. The van der Waals surface area contributed by atoms with Crippen LogP contribution >= 0.6 is 22.7 Å². The molecule has 1 fully saturated rings. The van der Waals surface area contributed by atoms with E-state index in [-0.39, 0.29) is 11.6 Å². The van der Waals surface area contributed by atoms with Gasteiger partial charge in [-0.1, -0.05) is 17.4 Å². The van der Waals surface area contributed by atoms with Crippen LogP contribution in [0.4, 0.5) is 10.8 Å². The van der Waals surface area contributed by atoms with Crippen LogP contribution in [0, 0.1) is 24.0 Å². The lowest BCUT2D eigenvalue weighted by Gasteiger charge is -2.34. The summed E-state index contributed by atoms with van der Waals surface area (Å²) in [5.74, 6) is -0.0146. The fourth-order valence-electron chi connectivity index (χ4n) is 4.00. The second kappa shape index (κ2) is 7.58. The van der Waals surface area contributed by atoms with Gasteiger partial charge in [-0.25, -0.2) is 4.98 Å². The van der Waals surface area contributed by atoms with Gasteiger partial charge in [-0.2, -0.15) is 0 Å². The maximum Gasteiger partial charge on any atom is 0.270 e. The van der Waals surface area contributed by atoms with Crippen molar-refractivity contribution in [1.82, 2.24) is 9.88 Å². The summed E-state index contributed by atoms with van der Waals surface area (Å²) in [7, 11) is 0. The number of carbonyl (C=O) groups is 1. The van der Waals surface area contributed by atoms with Crippen molar-refractivity contribution >= 4 is 59.7 Å². The largest absolute Gasteiger partial charge is 0.345 e. The molecule has 4 aromatic rings. The third kappa shape index (κ3) is 3.64. The standard InChI is InChI=1S/C22H20N4O3S2/c1-13-9-14(2)20-18(10-13)31-22(23-20)25-7-5-24(6-8-25)21(27)19-12-15-11-16(26(28)29)3-4-17(15)30-19/h3-4,9-12H,5-8H2,1-2H3. The summed E-state index contributed by atoms with van der Waals surface area (Å²) in [6, 6.07) is 10.8. The van der Waals surface area contributed by atoms with E-state index in [9.17, 15) is 14.9 Å². The summed E-state index contributed by atoms with van der Waals surface area (Å²) in [5, 5.41) is 12.7. The number of piperazine rings is 1. The highest BCUT2D eigenvalue weighted by Crippen LogP contribution is 2.33. The number of benzene rings is 2. The van der Waals surface area contributed by atoms with E-state index in [1.54, 1.807) is 23.5 Å². The number of amides is 1. The number of nitrogens with zero attached hydrogens (tertiary/aromatic N) is 4. The zero-order valence-electron chi connectivity index (χ0n) is 17.1. The number of aromatic nitrogens is 1. The second-order valence-corrected chi connectivity index (χ2v) is 9.89. The summed E-state index contributed by atoms with van der Waals surface area (Å²) < 4.78 is 2.08. The molecule has 1 amide bonds. The molecule has 0 radical (unpaired) electrons. The molecule has 0 spiro atoms. The van der Waals surface area contributed by atoms with E-state index in [4.69, 9.17) is 4.98 Å². The number of thiazole rings is 1. The Morgan fingerprint density at radius 2 is 1.81 bits per heavy atom. The Bertz CT molecular complexity index is 1340. The number of anilines is 1. The zero-order valence-corrected chi connectivity index (χ0v) is 18.8. The van der Waals surface area contributed by atoms with Crippen molar-refractivity contribution in [3.8, 4) is 0 Å². The van der Waals surface area contributed by atoms with Crippen LogP contribution in [0.5, 0.6) is 0 Å². The lowest BCUT2D eigenvalue weighted by molar-refractivity contribution is -0.384. The summed E-state index contributed by atoms with van der Waals surface area (Å²) in [5.41, 5.74) is 3.53. The minimum Gasteiger partial charge on any atom is -0.345 e. The summed E-state index contributed by atoms with van der Waals surface area (Å²) in [6.07, 6.45) is 0. The van der Waals surface area contributed by atoms with Gasteiger partial charge < -0.3 is 9.80 Å². The molecule has 7 nitrogen and oxygen atoms in total. The topological polar surface area (TPSA) is 79.6 Å². The third-order valence-electron chi connectivity index (χ3n) is 5.58. The molecule has 0 saturated carbocycles. The first-order valence-electron chi connectivity index (χ1n) is 9.99. The zero-order chi connectivity index (χ0) is 21.7. The molecule has 5 rings (SSSR count). The van der Waals surface area contributed by atoms with Gasteiger partial charge in [0.2, 0.25) is 0 Å². The molecular weight excluding hydrogens is 432 g/mol. The predicted molar refractivity (Wildman–Crippen MR) is 126 cm³/mol. The van der Waals surface area contributed by atoms with Crippen molar-refractivity contribution in [2.45, 2.75) is 13.8 Å². The summed E-state index contributed by atoms with van der Waals surface area (Å²) in [4.78, 5) is 33.2. The van der Waals surface area contributed by atoms with Crippen LogP contribution in [0.1, 0.15) is 20.8 Å². The van der Waals surface area contributed by atoms with E-state index in [0.29, 0.717) is 18.0 Å². The van der Waals surface area contributed by atoms with Gasteiger partial charge in [0.15, 0.2) is 5.13 Å². The summed E-state index contributed by atoms with van der Waals surface area (Å²) >= 11 is 3.09. The summed E-state index contributed by atoms with van der Waals surface area (Å²) in [6.45, 7) is 6.92. The molecule has 1 saturated heterocycles. The number of nitro groups is 1. The number of hydrogen-bond donors (Lipinski definition) is 0. The first kappa shape index (κ1) is 19.9. The Hall–Kier alpha value is -3.04. The van der Waals surface area contributed by atoms with Gasteiger partial charge >= 0.3 is 0 Å². The van der Waals surface area contributed by atoms with Crippen molar-refractivity contribution in [2.75, 3.05) is 31.1 Å². The van der Waals surface area contributed by atoms with Gasteiger partial charge in [-0.15, -0.1) is 11.3 Å². The van der Waals surface area contributed by atoms with Crippen LogP contribution in [-0.2, 0) is 0 Å². The Morgan fingerprint density at radius 1 is 1.03 bits per heavy atom. The monoisotopic (exact) mass is 452 g/mol. The van der Waals surface area contributed by atoms with Crippen LogP contribution in [0.3, 0.4) is 0 Å². The van der Waals surface area contributed by atoms with Gasteiger partial charge in [0, 0.05) is 48.4 Å². The molecule has 9 heteroatoms. The van der Waals surface area contributed by atoms with E-state index in [0.717, 1.165) is 33.8 Å². The van der Waals surface area contributed by atoms with Gasteiger partial charge in [0.25, 0.3) is 11.6 Å². The molecule has 1 aliphatic heterocycles. The lowest BCUT2D eigenvalue weighted by Crippen LogP contribution is -2.48. The molecule has 0 bridgehead atoms. The first-order chi connectivity index (χ1) is 14.9. The van der Waals surface area contributed by atoms with E-state index in [2.05, 4.69) is 30.9 Å². The molecule has 0 N–H and O–H groups in total. The van der Waals surface area contributed by atoms with Crippen molar-refractivity contribution in [3.05, 3.63) is 62.5 Å². The molecule has 2 aromatic carbocycles. The fourth-order valence-corrected chi connectivity index (χ4v) is 6.20. The molecular formula is C22H20N4O3S2. The van der Waals surface area contributed by atoms with Gasteiger partial charge in [0.1, 0.15) is 0 Å². The number of hydrogen-bond acceptors (Lipinski definition) is 7. The fraction of sp³-hybridized carbons (Fsp3) is 0.273. The van der Waals surface area contributed by atoms with Crippen LogP contribution in [0.25, 0.3) is 20.3 Å². The highest BCUT2D eigenvalue weighted by atomic mass is 32.1. The van der Waals surface area contributed by atoms with E-state index >= 15 is 0 Å². The SMILES string of the molecule is Cc1cc(C)c2nc(N3CCN(C(=O)c4cc5cc([N+](=O)[O-])ccc5s4)CC3)sc2c1. The minimum atomic E-state index is -0.414. The first-order valence-corrected chi connectivity index (χ1v) is 11.6. The number of thiophene rings is 1. The van der Waals surface area contributed by atoms with Crippen molar-refractivity contribution < 1.29 is 9.72 Å².